The van der Waals surface area contributed by atoms with E-state index in [4.69, 9.17) is 27.6 Å². The quantitative estimate of drug-likeness (QED) is 0.571. The third-order valence-corrected chi connectivity index (χ3v) is 4.24. The number of oxazole rings is 1. The SMILES string of the molecule is O=c1oc2cc(I)ccc2n1Cc1cc(Cl)ccc1Cl. The first-order valence-corrected chi connectivity index (χ1v) is 7.61. The Morgan fingerprint density at radius 3 is 2.75 bits per heavy atom. The summed E-state index contributed by atoms with van der Waals surface area (Å²) in [4.78, 5) is 12.0. The maximum absolute atomic E-state index is 12.0. The van der Waals surface area contributed by atoms with E-state index in [0.29, 0.717) is 22.2 Å². The van der Waals surface area contributed by atoms with Crippen LogP contribution in [0.4, 0.5) is 0 Å². The van der Waals surface area contributed by atoms with Crippen molar-refractivity contribution in [1.82, 2.24) is 4.57 Å². The minimum Gasteiger partial charge on any atom is -0.408 e. The van der Waals surface area contributed by atoms with Crippen LogP contribution in [0.3, 0.4) is 0 Å². The fourth-order valence-corrected chi connectivity index (χ4v) is 2.86. The first kappa shape index (κ1) is 14.0. The Bertz CT molecular complexity index is 854. The summed E-state index contributed by atoms with van der Waals surface area (Å²) in [5.41, 5.74) is 2.09. The van der Waals surface area contributed by atoms with Crippen LogP contribution in [-0.4, -0.2) is 4.57 Å². The number of halogens is 3. The van der Waals surface area contributed by atoms with Crippen molar-refractivity contribution < 1.29 is 4.42 Å². The zero-order valence-corrected chi connectivity index (χ0v) is 13.7. The molecule has 0 aliphatic heterocycles. The number of nitrogens with zero attached hydrogens (tertiary/aromatic N) is 1. The van der Waals surface area contributed by atoms with Crippen molar-refractivity contribution >= 4 is 56.9 Å². The average Bonchev–Trinajstić information content (AvgIpc) is 2.69. The summed E-state index contributed by atoms with van der Waals surface area (Å²) in [7, 11) is 0. The molecule has 0 spiro atoms. The molecule has 0 aliphatic rings. The van der Waals surface area contributed by atoms with E-state index in [9.17, 15) is 4.79 Å². The fraction of sp³-hybridized carbons (Fsp3) is 0.0714. The molecule has 0 saturated heterocycles. The number of hydrogen-bond donors (Lipinski definition) is 0. The van der Waals surface area contributed by atoms with Gasteiger partial charge in [0.15, 0.2) is 5.58 Å². The van der Waals surface area contributed by atoms with E-state index in [2.05, 4.69) is 22.6 Å². The lowest BCUT2D eigenvalue weighted by Crippen LogP contribution is -2.15. The van der Waals surface area contributed by atoms with Gasteiger partial charge in [-0.1, -0.05) is 23.2 Å². The van der Waals surface area contributed by atoms with Gasteiger partial charge in [-0.3, -0.25) is 4.57 Å². The third-order valence-electron chi connectivity index (χ3n) is 2.97. The van der Waals surface area contributed by atoms with Crippen LogP contribution in [0.1, 0.15) is 5.56 Å². The van der Waals surface area contributed by atoms with Crippen LogP contribution in [0.2, 0.25) is 10.0 Å². The van der Waals surface area contributed by atoms with E-state index in [1.807, 2.05) is 18.2 Å². The van der Waals surface area contributed by atoms with E-state index in [1.54, 1.807) is 22.8 Å². The van der Waals surface area contributed by atoms with Crippen molar-refractivity contribution in [2.45, 2.75) is 6.54 Å². The van der Waals surface area contributed by atoms with Crippen molar-refractivity contribution in [3.63, 3.8) is 0 Å². The van der Waals surface area contributed by atoms with Crippen molar-refractivity contribution in [3.8, 4) is 0 Å². The molecule has 20 heavy (non-hydrogen) atoms. The molecule has 1 heterocycles. The summed E-state index contributed by atoms with van der Waals surface area (Å²) in [5.74, 6) is -0.405. The molecule has 102 valence electrons. The molecule has 2 aromatic carbocycles. The van der Waals surface area contributed by atoms with Crippen LogP contribution < -0.4 is 5.76 Å². The zero-order chi connectivity index (χ0) is 14.3. The van der Waals surface area contributed by atoms with E-state index < -0.39 is 5.76 Å². The second-order valence-corrected chi connectivity index (χ2v) is 6.39. The van der Waals surface area contributed by atoms with Gasteiger partial charge < -0.3 is 4.42 Å². The summed E-state index contributed by atoms with van der Waals surface area (Å²) in [6.45, 7) is 0.325. The van der Waals surface area contributed by atoms with Crippen molar-refractivity contribution in [2.75, 3.05) is 0 Å². The van der Waals surface area contributed by atoms with Crippen molar-refractivity contribution in [2.24, 2.45) is 0 Å². The highest BCUT2D eigenvalue weighted by molar-refractivity contribution is 14.1. The highest BCUT2D eigenvalue weighted by Crippen LogP contribution is 2.23. The largest absolute Gasteiger partial charge is 0.420 e. The van der Waals surface area contributed by atoms with Gasteiger partial charge in [0.05, 0.1) is 12.1 Å². The van der Waals surface area contributed by atoms with Gasteiger partial charge in [-0.25, -0.2) is 4.79 Å². The van der Waals surface area contributed by atoms with E-state index >= 15 is 0 Å². The summed E-state index contributed by atoms with van der Waals surface area (Å²) < 4.78 is 7.80. The average molecular weight is 420 g/mol. The molecule has 1 aromatic heterocycles. The van der Waals surface area contributed by atoms with E-state index in [0.717, 1.165) is 14.7 Å². The predicted molar refractivity (Wildman–Crippen MR) is 88.8 cm³/mol. The number of fused-ring (bicyclic) bond motifs is 1. The van der Waals surface area contributed by atoms with Gasteiger partial charge in [-0.2, -0.15) is 0 Å². The lowest BCUT2D eigenvalue weighted by atomic mass is 10.2. The number of rotatable bonds is 2. The Morgan fingerprint density at radius 1 is 1.15 bits per heavy atom. The molecular formula is C14H8Cl2INO2. The van der Waals surface area contributed by atoms with E-state index in [1.165, 1.54) is 0 Å². The Kier molecular flexibility index (Phi) is 3.79. The molecule has 0 amide bonds. The normalized spacial score (nSPS) is 11.2. The number of benzene rings is 2. The Morgan fingerprint density at radius 2 is 1.95 bits per heavy atom. The van der Waals surface area contributed by atoms with Crippen LogP contribution in [0.5, 0.6) is 0 Å². The van der Waals surface area contributed by atoms with Gasteiger partial charge >= 0.3 is 5.76 Å². The van der Waals surface area contributed by atoms with Crippen LogP contribution in [0, 0.1) is 3.57 Å². The molecule has 0 atom stereocenters. The topological polar surface area (TPSA) is 35.1 Å². The first-order valence-electron chi connectivity index (χ1n) is 5.77. The monoisotopic (exact) mass is 419 g/mol. The standard InChI is InChI=1S/C14H8Cl2INO2/c15-9-1-3-11(16)8(5-9)7-18-12-4-2-10(17)6-13(12)20-14(18)19/h1-6H,7H2. The molecule has 0 aliphatic carbocycles. The maximum Gasteiger partial charge on any atom is 0.420 e. The minimum atomic E-state index is -0.405. The van der Waals surface area contributed by atoms with Crippen molar-refractivity contribution in [1.29, 1.82) is 0 Å². The molecule has 0 N–H and O–H groups in total. The molecule has 3 rings (SSSR count). The second kappa shape index (κ2) is 5.42. The summed E-state index contributed by atoms with van der Waals surface area (Å²) in [5, 5.41) is 1.15. The lowest BCUT2D eigenvalue weighted by Gasteiger charge is -2.05. The Labute approximate surface area is 138 Å². The molecule has 0 radical (unpaired) electrons. The van der Waals surface area contributed by atoms with Gasteiger partial charge in [-0.05, 0) is 64.6 Å². The van der Waals surface area contributed by atoms with Crippen LogP contribution in [-0.2, 0) is 6.54 Å². The third kappa shape index (κ3) is 2.60. The van der Waals surface area contributed by atoms with Crippen LogP contribution >= 0.6 is 45.8 Å². The molecule has 0 fully saturated rings. The number of aromatic nitrogens is 1. The fourth-order valence-electron chi connectivity index (χ4n) is 2.02. The summed E-state index contributed by atoms with van der Waals surface area (Å²) in [6.07, 6.45) is 0. The molecular weight excluding hydrogens is 412 g/mol. The van der Waals surface area contributed by atoms with Gasteiger partial charge in [0.2, 0.25) is 0 Å². The molecule has 3 nitrogen and oxygen atoms in total. The van der Waals surface area contributed by atoms with Gasteiger partial charge in [0.1, 0.15) is 0 Å². The molecule has 0 saturated carbocycles. The van der Waals surface area contributed by atoms with Gasteiger partial charge in [0.25, 0.3) is 0 Å². The van der Waals surface area contributed by atoms with E-state index in [-0.39, 0.29) is 0 Å². The van der Waals surface area contributed by atoms with Crippen molar-refractivity contribution in [3.05, 3.63) is 66.1 Å². The van der Waals surface area contributed by atoms with Gasteiger partial charge in [-0.15, -0.1) is 0 Å². The predicted octanol–water partition coefficient (Wildman–Crippen LogP) is 4.55. The Hall–Kier alpha value is -0.980. The molecule has 3 aromatic rings. The smallest absolute Gasteiger partial charge is 0.408 e. The highest BCUT2D eigenvalue weighted by Gasteiger charge is 2.11. The summed E-state index contributed by atoms with van der Waals surface area (Å²) in [6, 6.07) is 10.8. The molecule has 6 heteroatoms. The molecule has 0 unspecified atom stereocenters. The van der Waals surface area contributed by atoms with Gasteiger partial charge in [0, 0.05) is 13.6 Å². The second-order valence-electron chi connectivity index (χ2n) is 4.30. The highest BCUT2D eigenvalue weighted by atomic mass is 127. The van der Waals surface area contributed by atoms with Crippen LogP contribution in [0.15, 0.2) is 45.6 Å². The maximum atomic E-state index is 12.0. The lowest BCUT2D eigenvalue weighted by molar-refractivity contribution is 0.517. The Balaban J connectivity index is 2.13. The van der Waals surface area contributed by atoms with Crippen LogP contribution in [0.25, 0.3) is 11.1 Å². The first-order chi connectivity index (χ1) is 9.54. The minimum absolute atomic E-state index is 0.325. The summed E-state index contributed by atoms with van der Waals surface area (Å²) >= 11 is 14.3. The zero-order valence-electron chi connectivity index (χ0n) is 10.1. The molecule has 0 bridgehead atoms. The number of hydrogen-bond acceptors (Lipinski definition) is 2.